The van der Waals surface area contributed by atoms with Crippen LogP contribution in [-0.4, -0.2) is 6.29 Å². The summed E-state index contributed by atoms with van der Waals surface area (Å²) in [6.45, 7) is 1.86. The molecule has 0 heterocycles. The van der Waals surface area contributed by atoms with E-state index in [1.165, 1.54) is 0 Å². The van der Waals surface area contributed by atoms with Crippen LogP contribution in [0.5, 0.6) is 0 Å². The number of aldehydes is 1. The highest BCUT2D eigenvalue weighted by molar-refractivity contribution is 6.30. The van der Waals surface area contributed by atoms with Crippen molar-refractivity contribution in [3.63, 3.8) is 0 Å². The molecule has 0 amide bonds. The molecule has 1 aromatic carbocycles. The summed E-state index contributed by atoms with van der Waals surface area (Å²) in [5, 5.41) is 0.701. The Morgan fingerprint density at radius 1 is 1.36 bits per heavy atom. The van der Waals surface area contributed by atoms with Crippen molar-refractivity contribution in [2.75, 3.05) is 0 Å². The van der Waals surface area contributed by atoms with Gasteiger partial charge >= 0.3 is 0 Å². The average molecular weight is 169 g/mol. The smallest absolute Gasteiger partial charge is 0.127 e. The number of benzene rings is 1. The SMILES string of the molecule is C[C@@H](C=O)c1ccc(Cl)cc1. The monoisotopic (exact) mass is 168 g/mol. The maximum Gasteiger partial charge on any atom is 0.127 e. The first-order valence-corrected chi connectivity index (χ1v) is 3.82. The van der Waals surface area contributed by atoms with Crippen molar-refractivity contribution in [3.05, 3.63) is 34.9 Å². The highest BCUT2D eigenvalue weighted by Gasteiger charge is 2.01. The predicted molar refractivity (Wildman–Crippen MR) is 45.9 cm³/mol. The molecular weight excluding hydrogens is 160 g/mol. The van der Waals surface area contributed by atoms with Gasteiger partial charge in [-0.25, -0.2) is 0 Å². The fraction of sp³-hybridized carbons (Fsp3) is 0.222. The minimum absolute atomic E-state index is 0.0349. The number of hydrogen-bond acceptors (Lipinski definition) is 1. The van der Waals surface area contributed by atoms with E-state index < -0.39 is 0 Å². The Balaban J connectivity index is 2.89. The lowest BCUT2D eigenvalue weighted by molar-refractivity contribution is -0.108. The molecule has 58 valence electrons. The van der Waals surface area contributed by atoms with Crippen LogP contribution in [-0.2, 0) is 4.79 Å². The second-order valence-electron chi connectivity index (χ2n) is 2.48. The normalized spacial score (nSPS) is 12.5. The van der Waals surface area contributed by atoms with Gasteiger partial charge in [-0.3, -0.25) is 0 Å². The van der Waals surface area contributed by atoms with Gasteiger partial charge in [0.25, 0.3) is 0 Å². The fourth-order valence-corrected chi connectivity index (χ4v) is 0.971. The van der Waals surface area contributed by atoms with Crippen LogP contribution in [0.25, 0.3) is 0 Å². The van der Waals surface area contributed by atoms with Crippen LogP contribution >= 0.6 is 11.6 Å². The van der Waals surface area contributed by atoms with Gasteiger partial charge in [0, 0.05) is 10.9 Å². The molecule has 1 rings (SSSR count). The number of halogens is 1. The summed E-state index contributed by atoms with van der Waals surface area (Å²) in [5.74, 6) is -0.0349. The molecule has 1 atom stereocenters. The largest absolute Gasteiger partial charge is 0.303 e. The summed E-state index contributed by atoms with van der Waals surface area (Å²) >= 11 is 5.67. The Morgan fingerprint density at radius 3 is 2.36 bits per heavy atom. The summed E-state index contributed by atoms with van der Waals surface area (Å²) in [7, 11) is 0. The van der Waals surface area contributed by atoms with Crippen molar-refractivity contribution >= 4 is 17.9 Å². The second kappa shape index (κ2) is 3.54. The first-order valence-electron chi connectivity index (χ1n) is 3.45. The quantitative estimate of drug-likeness (QED) is 0.621. The first-order chi connectivity index (χ1) is 5.24. The molecule has 0 radical (unpaired) electrons. The van der Waals surface area contributed by atoms with Crippen molar-refractivity contribution in [1.29, 1.82) is 0 Å². The molecule has 0 aliphatic carbocycles. The molecule has 0 aliphatic heterocycles. The van der Waals surface area contributed by atoms with E-state index in [1.54, 1.807) is 12.1 Å². The number of hydrogen-bond donors (Lipinski definition) is 0. The molecule has 0 fully saturated rings. The zero-order valence-corrected chi connectivity index (χ0v) is 7.01. The maximum atomic E-state index is 10.4. The predicted octanol–water partition coefficient (Wildman–Crippen LogP) is 2.64. The number of carbonyl (C=O) groups excluding carboxylic acids is 1. The van der Waals surface area contributed by atoms with Crippen molar-refractivity contribution in [2.24, 2.45) is 0 Å². The Hall–Kier alpha value is -0.820. The Kier molecular flexibility index (Phi) is 2.66. The number of rotatable bonds is 2. The van der Waals surface area contributed by atoms with Gasteiger partial charge in [-0.1, -0.05) is 30.7 Å². The van der Waals surface area contributed by atoms with E-state index in [4.69, 9.17) is 11.6 Å². The maximum absolute atomic E-state index is 10.4. The van der Waals surface area contributed by atoms with E-state index in [0.29, 0.717) is 5.02 Å². The minimum Gasteiger partial charge on any atom is -0.303 e. The van der Waals surface area contributed by atoms with E-state index >= 15 is 0 Å². The summed E-state index contributed by atoms with van der Waals surface area (Å²) in [6, 6.07) is 7.30. The van der Waals surface area contributed by atoms with Gasteiger partial charge in [-0.15, -0.1) is 0 Å². The molecule has 0 saturated carbocycles. The fourth-order valence-electron chi connectivity index (χ4n) is 0.845. The van der Waals surface area contributed by atoms with E-state index in [9.17, 15) is 4.79 Å². The van der Waals surface area contributed by atoms with Gasteiger partial charge in [0.15, 0.2) is 0 Å². The van der Waals surface area contributed by atoms with E-state index in [2.05, 4.69) is 0 Å². The third-order valence-corrected chi connectivity index (χ3v) is 1.85. The molecule has 0 N–H and O–H groups in total. The molecule has 0 aromatic heterocycles. The van der Waals surface area contributed by atoms with Crippen LogP contribution in [0.3, 0.4) is 0 Å². The molecule has 0 bridgehead atoms. The Labute approximate surface area is 71.0 Å². The van der Waals surface area contributed by atoms with E-state index in [1.807, 2.05) is 19.1 Å². The molecule has 0 unspecified atom stereocenters. The zero-order chi connectivity index (χ0) is 8.27. The molecule has 0 aliphatic rings. The summed E-state index contributed by atoms with van der Waals surface area (Å²) in [6.07, 6.45) is 0.920. The summed E-state index contributed by atoms with van der Waals surface area (Å²) < 4.78 is 0. The standard InChI is InChI=1S/C9H9ClO/c1-7(6-11)8-2-4-9(10)5-3-8/h2-7H,1H3/t7-/m0/s1. The van der Waals surface area contributed by atoms with Gasteiger partial charge in [-0.2, -0.15) is 0 Å². The lowest BCUT2D eigenvalue weighted by Crippen LogP contribution is -1.92. The van der Waals surface area contributed by atoms with Crippen molar-refractivity contribution < 1.29 is 4.79 Å². The van der Waals surface area contributed by atoms with E-state index in [-0.39, 0.29) is 5.92 Å². The van der Waals surface area contributed by atoms with Crippen molar-refractivity contribution in [1.82, 2.24) is 0 Å². The zero-order valence-electron chi connectivity index (χ0n) is 6.25. The van der Waals surface area contributed by atoms with Gasteiger partial charge in [0.1, 0.15) is 6.29 Å². The lowest BCUT2D eigenvalue weighted by atomic mass is 10.0. The molecule has 1 aromatic rings. The van der Waals surface area contributed by atoms with Crippen LogP contribution in [0.2, 0.25) is 5.02 Å². The van der Waals surface area contributed by atoms with Crippen LogP contribution in [0, 0.1) is 0 Å². The van der Waals surface area contributed by atoms with Crippen molar-refractivity contribution in [3.8, 4) is 0 Å². The Morgan fingerprint density at radius 2 is 1.91 bits per heavy atom. The molecule has 0 spiro atoms. The topological polar surface area (TPSA) is 17.1 Å². The molecule has 0 saturated heterocycles. The first kappa shape index (κ1) is 8.28. The van der Waals surface area contributed by atoms with Crippen molar-refractivity contribution in [2.45, 2.75) is 12.8 Å². The highest BCUT2D eigenvalue weighted by Crippen LogP contribution is 2.15. The van der Waals surface area contributed by atoms with Gasteiger partial charge < -0.3 is 4.79 Å². The third kappa shape index (κ3) is 2.05. The van der Waals surface area contributed by atoms with Gasteiger partial charge in [0.2, 0.25) is 0 Å². The molecule has 1 nitrogen and oxygen atoms in total. The second-order valence-corrected chi connectivity index (χ2v) is 2.91. The molecule has 2 heteroatoms. The third-order valence-electron chi connectivity index (χ3n) is 1.60. The number of carbonyl (C=O) groups is 1. The summed E-state index contributed by atoms with van der Waals surface area (Å²) in [5.41, 5.74) is 1.00. The van der Waals surface area contributed by atoms with Crippen LogP contribution in [0.4, 0.5) is 0 Å². The van der Waals surface area contributed by atoms with Gasteiger partial charge in [-0.05, 0) is 17.7 Å². The minimum atomic E-state index is -0.0349. The summed E-state index contributed by atoms with van der Waals surface area (Å²) in [4.78, 5) is 10.4. The van der Waals surface area contributed by atoms with E-state index in [0.717, 1.165) is 11.8 Å². The molecular formula is C9H9ClO. The Bertz CT molecular complexity index is 240. The van der Waals surface area contributed by atoms with Crippen LogP contribution in [0.1, 0.15) is 18.4 Å². The molecule has 11 heavy (non-hydrogen) atoms. The lowest BCUT2D eigenvalue weighted by Gasteiger charge is -2.02. The van der Waals surface area contributed by atoms with Gasteiger partial charge in [0.05, 0.1) is 0 Å². The van der Waals surface area contributed by atoms with Crippen LogP contribution in [0.15, 0.2) is 24.3 Å². The van der Waals surface area contributed by atoms with Crippen LogP contribution < -0.4 is 0 Å². The average Bonchev–Trinajstić information content (AvgIpc) is 2.05. The highest BCUT2D eigenvalue weighted by atomic mass is 35.5.